The molecule has 0 aliphatic heterocycles. The van der Waals surface area contributed by atoms with Crippen molar-refractivity contribution in [2.24, 2.45) is 5.92 Å². The van der Waals surface area contributed by atoms with Gasteiger partial charge in [0.25, 0.3) is 0 Å². The van der Waals surface area contributed by atoms with Gasteiger partial charge in [0.15, 0.2) is 0 Å². The molecule has 8 nitrogen and oxygen atoms in total. The van der Waals surface area contributed by atoms with E-state index in [1.165, 1.54) is 10.6 Å². The van der Waals surface area contributed by atoms with Gasteiger partial charge in [-0.2, -0.15) is 23.1 Å². The quantitative estimate of drug-likeness (QED) is 0.158. The molecule has 1 atom stereocenters. The van der Waals surface area contributed by atoms with E-state index in [4.69, 9.17) is 38.4 Å². The van der Waals surface area contributed by atoms with E-state index in [1.54, 1.807) is 6.07 Å². The molecule has 0 aromatic carbocycles. The number of nitrogens with two attached hydrogens (primary N) is 1. The first-order valence-corrected chi connectivity index (χ1v) is 12.9. The van der Waals surface area contributed by atoms with Crippen LogP contribution in [0.15, 0.2) is 18.3 Å². The Bertz CT molecular complexity index is 1160. The van der Waals surface area contributed by atoms with Gasteiger partial charge in [0.2, 0.25) is 11.2 Å². The number of anilines is 2. The first kappa shape index (κ1) is 27.3. The maximum Gasteiger partial charge on any atom is 0.418 e. The van der Waals surface area contributed by atoms with Crippen LogP contribution < -0.4 is 15.8 Å². The standard InChI is InChI=1S/C21H27Cl2F3N6O2Si/c1-11(2)8-15(35)34-10-32-9-12(21(24,25)26)16-17(30-20(23)31-18(16)32)28-6-3-7-33-19-13(27)4-5-14(22)29-19/h4-5,9,11,15H,3,6-8,10,27H2,1-2,35H3,(H,28,30,31). The third-order valence-electron chi connectivity index (χ3n) is 5.00. The number of hydrogen-bond donors (Lipinski definition) is 2. The van der Waals surface area contributed by atoms with Gasteiger partial charge in [-0.05, 0) is 42.5 Å². The van der Waals surface area contributed by atoms with Gasteiger partial charge in [-0.25, -0.2) is 4.98 Å². The van der Waals surface area contributed by atoms with Crippen LogP contribution in [0, 0.1) is 5.92 Å². The highest BCUT2D eigenvalue weighted by Crippen LogP contribution is 2.39. The summed E-state index contributed by atoms with van der Waals surface area (Å²) in [6.07, 6.45) is -2.38. The van der Waals surface area contributed by atoms with Gasteiger partial charge in [0, 0.05) is 28.7 Å². The molecule has 14 heteroatoms. The van der Waals surface area contributed by atoms with E-state index in [9.17, 15) is 13.2 Å². The average molecular weight is 551 g/mol. The molecule has 0 aliphatic carbocycles. The Morgan fingerprint density at radius 1 is 1.20 bits per heavy atom. The fourth-order valence-electron chi connectivity index (χ4n) is 3.53. The van der Waals surface area contributed by atoms with Crippen molar-refractivity contribution in [3.8, 4) is 5.88 Å². The van der Waals surface area contributed by atoms with Crippen LogP contribution in [0.5, 0.6) is 5.88 Å². The lowest BCUT2D eigenvalue weighted by Crippen LogP contribution is -2.17. The highest BCUT2D eigenvalue weighted by atomic mass is 35.5. The van der Waals surface area contributed by atoms with Crippen LogP contribution in [0.25, 0.3) is 11.0 Å². The topological polar surface area (TPSA) is 100 Å². The van der Waals surface area contributed by atoms with Crippen molar-refractivity contribution in [3.05, 3.63) is 34.3 Å². The fraction of sp³-hybridized carbons (Fsp3) is 0.476. The first-order valence-electron chi connectivity index (χ1n) is 11.0. The molecule has 1 unspecified atom stereocenters. The number of halogens is 5. The van der Waals surface area contributed by atoms with Crippen LogP contribution in [-0.2, 0) is 17.6 Å². The molecular weight excluding hydrogens is 524 g/mol. The highest BCUT2D eigenvalue weighted by molar-refractivity contribution is 6.29. The number of alkyl halides is 3. The third kappa shape index (κ3) is 7.35. The Kier molecular flexibility index (Phi) is 9.08. The lowest BCUT2D eigenvalue weighted by atomic mass is 10.1. The first-order chi connectivity index (χ1) is 16.5. The average Bonchev–Trinajstić information content (AvgIpc) is 3.12. The van der Waals surface area contributed by atoms with Crippen molar-refractivity contribution in [2.75, 3.05) is 24.2 Å². The Morgan fingerprint density at radius 3 is 2.63 bits per heavy atom. The maximum atomic E-state index is 13.9. The van der Waals surface area contributed by atoms with Crippen molar-refractivity contribution in [2.45, 2.75) is 45.3 Å². The zero-order valence-corrected chi connectivity index (χ0v) is 23.0. The number of pyridine rings is 1. The molecule has 3 heterocycles. The van der Waals surface area contributed by atoms with E-state index in [-0.39, 0.29) is 58.8 Å². The fourth-order valence-corrected chi connectivity index (χ4v) is 4.93. The van der Waals surface area contributed by atoms with Gasteiger partial charge in [-0.1, -0.05) is 25.4 Å². The number of rotatable bonds is 11. The minimum absolute atomic E-state index is 0.000265. The van der Waals surface area contributed by atoms with E-state index in [2.05, 4.69) is 34.1 Å². The Morgan fingerprint density at radius 2 is 1.94 bits per heavy atom. The van der Waals surface area contributed by atoms with E-state index in [0.29, 0.717) is 18.0 Å². The summed E-state index contributed by atoms with van der Waals surface area (Å²) >= 11 is 11.9. The van der Waals surface area contributed by atoms with Crippen LogP contribution in [0.3, 0.4) is 0 Å². The van der Waals surface area contributed by atoms with Crippen LogP contribution in [-0.4, -0.2) is 48.6 Å². The van der Waals surface area contributed by atoms with Crippen LogP contribution in [0.4, 0.5) is 24.7 Å². The molecule has 3 N–H and O–H groups in total. The monoisotopic (exact) mass is 550 g/mol. The van der Waals surface area contributed by atoms with Gasteiger partial charge in [0.05, 0.1) is 23.2 Å². The minimum atomic E-state index is -4.62. The number of nitrogen functional groups attached to an aromatic ring is 1. The van der Waals surface area contributed by atoms with Crippen LogP contribution in [0.1, 0.15) is 32.3 Å². The van der Waals surface area contributed by atoms with Crippen molar-refractivity contribution < 1.29 is 22.6 Å². The molecule has 35 heavy (non-hydrogen) atoms. The van der Waals surface area contributed by atoms with Crippen molar-refractivity contribution in [1.29, 1.82) is 0 Å². The van der Waals surface area contributed by atoms with Gasteiger partial charge in [-0.15, -0.1) is 0 Å². The summed E-state index contributed by atoms with van der Waals surface area (Å²) < 4.78 is 54.3. The molecule has 0 amide bonds. The lowest BCUT2D eigenvalue weighted by Gasteiger charge is -2.16. The van der Waals surface area contributed by atoms with Gasteiger partial charge in [0.1, 0.15) is 23.3 Å². The Hall–Kier alpha value is -2.28. The molecule has 0 fully saturated rings. The highest BCUT2D eigenvalue weighted by Gasteiger charge is 2.37. The summed E-state index contributed by atoms with van der Waals surface area (Å²) in [5.74, 6) is 0.597. The second-order valence-electron chi connectivity index (χ2n) is 8.44. The van der Waals surface area contributed by atoms with E-state index in [0.717, 1.165) is 22.9 Å². The SMILES string of the molecule is CC(C)CC([SiH3])OCn1cc(C(F)(F)F)c2c(NCCCOc3nc(Cl)ccc3N)nc(Cl)nc21. The Balaban J connectivity index is 1.76. The van der Waals surface area contributed by atoms with Gasteiger partial charge in [-0.3, -0.25) is 0 Å². The molecule has 0 radical (unpaired) electrons. The second kappa shape index (κ2) is 11.6. The van der Waals surface area contributed by atoms with Crippen molar-refractivity contribution in [1.82, 2.24) is 19.5 Å². The molecule has 0 saturated carbocycles. The summed E-state index contributed by atoms with van der Waals surface area (Å²) in [7, 11) is 0.753. The normalized spacial score (nSPS) is 13.0. The molecule has 192 valence electrons. The summed E-state index contributed by atoms with van der Waals surface area (Å²) in [6, 6.07) is 3.11. The van der Waals surface area contributed by atoms with Gasteiger partial charge >= 0.3 is 6.18 Å². The third-order valence-corrected chi connectivity index (χ3v) is 6.19. The molecule has 3 rings (SSSR count). The number of ether oxygens (including phenoxy) is 2. The zero-order chi connectivity index (χ0) is 25.8. The van der Waals surface area contributed by atoms with Crippen LogP contribution in [0.2, 0.25) is 10.4 Å². The van der Waals surface area contributed by atoms with Gasteiger partial charge < -0.3 is 25.1 Å². The maximum absolute atomic E-state index is 13.9. The summed E-state index contributed by atoms with van der Waals surface area (Å²) in [5.41, 5.74) is 5.30. The summed E-state index contributed by atoms with van der Waals surface area (Å²) in [4.78, 5) is 12.1. The smallest absolute Gasteiger partial charge is 0.418 e. The largest absolute Gasteiger partial charge is 0.476 e. The summed E-state index contributed by atoms with van der Waals surface area (Å²) in [5, 5.41) is 2.81. The van der Waals surface area contributed by atoms with E-state index in [1.807, 2.05) is 0 Å². The molecule has 0 spiro atoms. The predicted molar refractivity (Wildman–Crippen MR) is 134 cm³/mol. The Labute approximate surface area is 213 Å². The van der Waals surface area contributed by atoms with Crippen molar-refractivity contribution >= 4 is 56.0 Å². The second-order valence-corrected chi connectivity index (χ2v) is 10.5. The number of nitrogens with zero attached hydrogens (tertiary/aromatic N) is 4. The lowest BCUT2D eigenvalue weighted by molar-refractivity contribution is -0.136. The molecule has 3 aromatic heterocycles. The number of hydrogen-bond acceptors (Lipinski definition) is 7. The molecule has 0 aliphatic rings. The number of aromatic nitrogens is 4. The van der Waals surface area contributed by atoms with E-state index >= 15 is 0 Å². The number of nitrogens with one attached hydrogen (secondary N) is 1. The predicted octanol–water partition coefficient (Wildman–Crippen LogP) is 4.33. The molecular formula is C21H27Cl2F3N6O2Si. The van der Waals surface area contributed by atoms with Crippen molar-refractivity contribution in [3.63, 3.8) is 0 Å². The molecule has 0 bridgehead atoms. The molecule has 3 aromatic rings. The number of fused-ring (bicyclic) bond motifs is 1. The minimum Gasteiger partial charge on any atom is -0.476 e. The molecule has 0 saturated heterocycles. The zero-order valence-electron chi connectivity index (χ0n) is 19.5. The van der Waals surface area contributed by atoms with Crippen LogP contribution >= 0.6 is 23.2 Å². The summed E-state index contributed by atoms with van der Waals surface area (Å²) in [6.45, 7) is 4.52. The van der Waals surface area contributed by atoms with E-state index < -0.39 is 11.7 Å².